The number of rotatable bonds is 5. The van der Waals surface area contributed by atoms with Crippen LogP contribution in [0.5, 0.6) is 0 Å². The van der Waals surface area contributed by atoms with Gasteiger partial charge in [0.2, 0.25) is 0 Å². The highest BCUT2D eigenvalue weighted by Gasteiger charge is 2.15. The Morgan fingerprint density at radius 2 is 1.38 bits per heavy atom. The number of para-hydroxylation sites is 1. The molecule has 0 heterocycles. The van der Waals surface area contributed by atoms with Crippen LogP contribution in [0.3, 0.4) is 0 Å². The third-order valence-corrected chi connectivity index (χ3v) is 4.31. The summed E-state index contributed by atoms with van der Waals surface area (Å²) >= 11 is 23.8. The molecule has 0 aliphatic carbocycles. The first-order valence-electron chi connectivity index (χ1n) is 6.71. The van der Waals surface area contributed by atoms with Gasteiger partial charge in [-0.05, 0) is 24.3 Å². The topological polar surface area (TPSA) is 55.4 Å². The summed E-state index contributed by atoms with van der Waals surface area (Å²) in [5, 5.41) is 3.76. The molecule has 0 atom stereocenters. The Hall–Kier alpha value is -1.46. The van der Waals surface area contributed by atoms with Crippen LogP contribution in [0.4, 0.5) is 5.69 Å². The minimum absolute atomic E-state index is 0.140. The van der Waals surface area contributed by atoms with E-state index in [-0.39, 0.29) is 22.2 Å². The lowest BCUT2D eigenvalue weighted by molar-refractivity contribution is -0.146. The monoisotopic (exact) mass is 405 g/mol. The Kier molecular flexibility index (Phi) is 6.75. The Balaban J connectivity index is 1.91. The Morgan fingerprint density at radius 1 is 0.875 bits per heavy atom. The lowest BCUT2D eigenvalue weighted by atomic mass is 10.1. The minimum Gasteiger partial charge on any atom is -0.455 e. The Labute approximate surface area is 158 Å². The molecule has 4 nitrogen and oxygen atoms in total. The highest BCUT2D eigenvalue weighted by Crippen LogP contribution is 2.29. The second-order valence-corrected chi connectivity index (χ2v) is 6.31. The Bertz CT molecular complexity index is 674. The molecule has 0 spiro atoms. The quantitative estimate of drug-likeness (QED) is 0.708. The summed E-state index contributed by atoms with van der Waals surface area (Å²) in [6.07, 6.45) is -0.140. The van der Waals surface area contributed by atoms with Crippen LogP contribution in [0.15, 0.2) is 36.4 Å². The largest absolute Gasteiger partial charge is 0.455 e. The van der Waals surface area contributed by atoms with Gasteiger partial charge in [-0.25, -0.2) is 0 Å². The van der Waals surface area contributed by atoms with E-state index in [9.17, 15) is 9.59 Å². The van der Waals surface area contributed by atoms with Gasteiger partial charge in [-0.15, -0.1) is 0 Å². The maximum Gasteiger partial charge on any atom is 0.310 e. The molecule has 1 amide bonds. The second-order valence-electron chi connectivity index (χ2n) is 4.68. The number of amides is 1. The summed E-state index contributed by atoms with van der Waals surface area (Å²) in [5.41, 5.74) is 0.705. The molecular weight excluding hydrogens is 396 g/mol. The average molecular weight is 407 g/mol. The van der Waals surface area contributed by atoms with Crippen LogP contribution in [0.2, 0.25) is 20.1 Å². The van der Waals surface area contributed by atoms with Gasteiger partial charge in [-0.1, -0.05) is 58.5 Å². The lowest BCUT2D eigenvalue weighted by Gasteiger charge is -2.10. The number of carbonyl (C=O) groups is 2. The molecule has 2 rings (SSSR count). The summed E-state index contributed by atoms with van der Waals surface area (Å²) in [7, 11) is 0. The standard InChI is InChI=1S/C16H11Cl4NO3/c17-10-3-1-4-11(18)9(10)7-15(23)24-8-14(22)21-16-12(19)5-2-6-13(16)20/h1-6H,7-8H2,(H,21,22). The summed E-state index contributed by atoms with van der Waals surface area (Å²) in [5.74, 6) is -1.20. The second kappa shape index (κ2) is 8.58. The number of ether oxygens (including phenoxy) is 1. The van der Waals surface area contributed by atoms with Crippen molar-refractivity contribution >= 4 is 64.0 Å². The SMILES string of the molecule is O=C(COC(=O)Cc1c(Cl)cccc1Cl)Nc1c(Cl)cccc1Cl. The van der Waals surface area contributed by atoms with Crippen molar-refractivity contribution in [2.75, 3.05) is 11.9 Å². The van der Waals surface area contributed by atoms with E-state index < -0.39 is 18.5 Å². The first-order chi connectivity index (χ1) is 11.4. The van der Waals surface area contributed by atoms with Gasteiger partial charge in [0, 0.05) is 15.6 Å². The molecule has 0 aliphatic heterocycles. The summed E-state index contributed by atoms with van der Waals surface area (Å²) in [6.45, 7) is -0.484. The van der Waals surface area contributed by atoms with Crippen molar-refractivity contribution in [3.63, 3.8) is 0 Å². The molecule has 0 bridgehead atoms. The van der Waals surface area contributed by atoms with E-state index in [1.54, 1.807) is 36.4 Å². The molecule has 0 aromatic heterocycles. The normalized spacial score (nSPS) is 10.3. The van der Waals surface area contributed by atoms with Crippen LogP contribution in [0.1, 0.15) is 5.56 Å². The first kappa shape index (κ1) is 18.9. The van der Waals surface area contributed by atoms with E-state index in [2.05, 4.69) is 5.32 Å². The average Bonchev–Trinajstić information content (AvgIpc) is 2.53. The molecule has 0 aliphatic rings. The number of nitrogens with one attached hydrogen (secondary N) is 1. The number of halogens is 4. The van der Waals surface area contributed by atoms with E-state index in [1.807, 2.05) is 0 Å². The van der Waals surface area contributed by atoms with E-state index in [1.165, 1.54) is 0 Å². The molecule has 24 heavy (non-hydrogen) atoms. The van der Waals surface area contributed by atoms with Crippen molar-refractivity contribution in [1.29, 1.82) is 0 Å². The molecule has 1 N–H and O–H groups in total. The maximum absolute atomic E-state index is 11.8. The number of hydrogen-bond donors (Lipinski definition) is 1. The molecule has 126 valence electrons. The van der Waals surface area contributed by atoms with E-state index in [0.717, 1.165) is 0 Å². The van der Waals surface area contributed by atoms with Gasteiger partial charge < -0.3 is 10.1 Å². The number of carbonyl (C=O) groups excluding carboxylic acids is 2. The highest BCUT2D eigenvalue weighted by molar-refractivity contribution is 6.39. The van der Waals surface area contributed by atoms with Gasteiger partial charge in [0.25, 0.3) is 5.91 Å². The summed E-state index contributed by atoms with van der Waals surface area (Å²) < 4.78 is 4.92. The molecule has 8 heteroatoms. The summed E-state index contributed by atoms with van der Waals surface area (Å²) in [6, 6.07) is 9.70. The number of anilines is 1. The van der Waals surface area contributed by atoms with Crippen molar-refractivity contribution < 1.29 is 14.3 Å². The van der Waals surface area contributed by atoms with Crippen LogP contribution in [0, 0.1) is 0 Å². The molecule has 0 saturated carbocycles. The van der Waals surface area contributed by atoms with Crippen molar-refractivity contribution in [3.05, 3.63) is 62.1 Å². The predicted octanol–water partition coefficient (Wildman–Crippen LogP) is 5.02. The summed E-state index contributed by atoms with van der Waals surface area (Å²) in [4.78, 5) is 23.7. The van der Waals surface area contributed by atoms with E-state index in [0.29, 0.717) is 15.6 Å². The van der Waals surface area contributed by atoms with Gasteiger partial charge in [0.15, 0.2) is 6.61 Å². The molecule has 0 saturated heterocycles. The van der Waals surface area contributed by atoms with Crippen LogP contribution in [0.25, 0.3) is 0 Å². The third-order valence-electron chi connectivity index (χ3n) is 2.97. The van der Waals surface area contributed by atoms with E-state index in [4.69, 9.17) is 51.1 Å². The molecule has 0 fully saturated rings. The number of hydrogen-bond acceptors (Lipinski definition) is 3. The van der Waals surface area contributed by atoms with Crippen LogP contribution in [-0.4, -0.2) is 18.5 Å². The van der Waals surface area contributed by atoms with Gasteiger partial charge in [0.1, 0.15) is 0 Å². The third kappa shape index (κ3) is 5.02. The predicted molar refractivity (Wildman–Crippen MR) is 96.2 cm³/mol. The van der Waals surface area contributed by atoms with Crippen molar-refractivity contribution in [3.8, 4) is 0 Å². The lowest BCUT2D eigenvalue weighted by Crippen LogP contribution is -2.22. The Morgan fingerprint density at radius 3 is 1.92 bits per heavy atom. The van der Waals surface area contributed by atoms with Gasteiger partial charge in [-0.2, -0.15) is 0 Å². The fourth-order valence-corrected chi connectivity index (χ4v) is 2.86. The van der Waals surface area contributed by atoms with Crippen molar-refractivity contribution in [1.82, 2.24) is 0 Å². The van der Waals surface area contributed by atoms with Gasteiger partial charge in [-0.3, -0.25) is 9.59 Å². The van der Waals surface area contributed by atoms with Gasteiger partial charge in [0.05, 0.1) is 22.2 Å². The molecule has 2 aromatic rings. The molecule has 0 radical (unpaired) electrons. The minimum atomic E-state index is -0.634. The smallest absolute Gasteiger partial charge is 0.310 e. The fourth-order valence-electron chi connectivity index (χ4n) is 1.84. The van der Waals surface area contributed by atoms with Gasteiger partial charge >= 0.3 is 5.97 Å². The number of esters is 1. The van der Waals surface area contributed by atoms with Crippen molar-refractivity contribution in [2.24, 2.45) is 0 Å². The maximum atomic E-state index is 11.8. The molecular formula is C16H11Cl4NO3. The zero-order valence-electron chi connectivity index (χ0n) is 12.1. The molecule has 0 unspecified atom stereocenters. The van der Waals surface area contributed by atoms with E-state index >= 15 is 0 Å². The van der Waals surface area contributed by atoms with Crippen LogP contribution >= 0.6 is 46.4 Å². The van der Waals surface area contributed by atoms with Crippen molar-refractivity contribution in [2.45, 2.75) is 6.42 Å². The van der Waals surface area contributed by atoms with Crippen LogP contribution in [-0.2, 0) is 20.7 Å². The van der Waals surface area contributed by atoms with Crippen LogP contribution < -0.4 is 5.32 Å². The zero-order chi connectivity index (χ0) is 17.7. The first-order valence-corrected chi connectivity index (χ1v) is 8.22. The zero-order valence-corrected chi connectivity index (χ0v) is 15.1. The highest BCUT2D eigenvalue weighted by atomic mass is 35.5. The fraction of sp³-hybridized carbons (Fsp3) is 0.125. The number of benzene rings is 2. The molecule has 2 aromatic carbocycles.